The van der Waals surface area contributed by atoms with Gasteiger partial charge in [0, 0.05) is 49.3 Å². The molecule has 156 valence electrons. The van der Waals surface area contributed by atoms with Gasteiger partial charge in [-0.15, -0.1) is 0 Å². The Bertz CT molecular complexity index is 521. The summed E-state index contributed by atoms with van der Waals surface area (Å²) in [4.78, 5) is 11.2. The van der Waals surface area contributed by atoms with E-state index in [1.54, 1.807) is 0 Å². The molecule has 2 spiro atoms. The highest BCUT2D eigenvalue weighted by molar-refractivity contribution is 5.10. The molecular formula is C23H44N4. The van der Waals surface area contributed by atoms with Crippen LogP contribution in [0.2, 0.25) is 0 Å². The van der Waals surface area contributed by atoms with Crippen LogP contribution in [0, 0.1) is 5.92 Å². The summed E-state index contributed by atoms with van der Waals surface area (Å²) in [6, 6.07) is 1.39. The number of nitrogens with zero attached hydrogens (tertiary/aromatic N) is 4. The van der Waals surface area contributed by atoms with Crippen molar-refractivity contribution in [1.29, 1.82) is 0 Å². The lowest BCUT2D eigenvalue weighted by Crippen LogP contribution is -2.70. The zero-order valence-electron chi connectivity index (χ0n) is 18.7. The predicted molar refractivity (Wildman–Crippen MR) is 114 cm³/mol. The van der Waals surface area contributed by atoms with Crippen LogP contribution in [0.3, 0.4) is 0 Å². The maximum absolute atomic E-state index is 2.94. The highest BCUT2D eigenvalue weighted by Crippen LogP contribution is 2.45. The molecule has 4 aliphatic rings. The first kappa shape index (κ1) is 20.1. The van der Waals surface area contributed by atoms with Gasteiger partial charge in [0.2, 0.25) is 0 Å². The summed E-state index contributed by atoms with van der Waals surface area (Å²) in [5.74, 6) is 0.853. The van der Waals surface area contributed by atoms with Crippen molar-refractivity contribution in [3.8, 4) is 0 Å². The average molecular weight is 377 g/mol. The molecule has 0 bridgehead atoms. The molecule has 3 unspecified atom stereocenters. The topological polar surface area (TPSA) is 13.0 Å². The van der Waals surface area contributed by atoms with E-state index in [0.717, 1.165) is 5.92 Å². The van der Waals surface area contributed by atoms with Gasteiger partial charge in [0.25, 0.3) is 0 Å². The summed E-state index contributed by atoms with van der Waals surface area (Å²) in [5.41, 5.74) is 0.946. The molecule has 0 aromatic carbocycles. The van der Waals surface area contributed by atoms with Gasteiger partial charge < -0.3 is 0 Å². The molecule has 3 atom stereocenters. The average Bonchev–Trinajstić information content (AvgIpc) is 3.00. The maximum atomic E-state index is 2.94. The third-order valence-electron chi connectivity index (χ3n) is 8.87. The van der Waals surface area contributed by atoms with Crippen LogP contribution >= 0.6 is 0 Å². The zero-order valence-corrected chi connectivity index (χ0v) is 18.7. The quantitative estimate of drug-likeness (QED) is 0.747. The Balaban J connectivity index is 1.48. The largest absolute Gasteiger partial charge is 0.299 e. The molecule has 4 heteroatoms. The number of hydrogen-bond donors (Lipinski definition) is 0. The number of likely N-dealkylation sites (tertiary alicyclic amines) is 4. The fourth-order valence-corrected chi connectivity index (χ4v) is 6.79. The van der Waals surface area contributed by atoms with Crippen molar-refractivity contribution in [1.82, 2.24) is 19.6 Å². The van der Waals surface area contributed by atoms with Crippen LogP contribution in [0.25, 0.3) is 0 Å². The molecule has 0 aliphatic carbocycles. The Morgan fingerprint density at radius 3 is 2.11 bits per heavy atom. The second-order valence-electron chi connectivity index (χ2n) is 10.8. The normalized spacial score (nSPS) is 39.9. The monoisotopic (exact) mass is 376 g/mol. The first-order chi connectivity index (χ1) is 12.9. The van der Waals surface area contributed by atoms with Crippen LogP contribution in [0.15, 0.2) is 0 Å². The summed E-state index contributed by atoms with van der Waals surface area (Å²) in [6.45, 7) is 18.8. The first-order valence-corrected chi connectivity index (χ1v) is 11.8. The SMILES string of the molecule is CC(C)N1CCCC2(CCN2CC2CCN(C(C)C)CC23CCCN3C)C1. The lowest BCUT2D eigenvalue weighted by atomic mass is 9.72. The molecule has 0 amide bonds. The summed E-state index contributed by atoms with van der Waals surface area (Å²) in [7, 11) is 2.41. The molecule has 4 heterocycles. The van der Waals surface area contributed by atoms with Gasteiger partial charge in [-0.05, 0) is 98.8 Å². The van der Waals surface area contributed by atoms with Crippen LogP contribution in [0.4, 0.5) is 0 Å². The highest BCUT2D eigenvalue weighted by Gasteiger charge is 2.53. The molecule has 4 saturated heterocycles. The lowest BCUT2D eigenvalue weighted by molar-refractivity contribution is -0.103. The van der Waals surface area contributed by atoms with Gasteiger partial charge in [-0.2, -0.15) is 0 Å². The molecule has 4 nitrogen and oxygen atoms in total. The molecule has 0 radical (unpaired) electrons. The first-order valence-electron chi connectivity index (χ1n) is 11.8. The molecule has 4 fully saturated rings. The molecule has 4 rings (SSSR count). The van der Waals surface area contributed by atoms with Gasteiger partial charge in [-0.25, -0.2) is 0 Å². The number of rotatable bonds is 4. The molecule has 0 N–H and O–H groups in total. The van der Waals surface area contributed by atoms with Gasteiger partial charge in [0.15, 0.2) is 0 Å². The highest BCUT2D eigenvalue weighted by atomic mass is 15.3. The Kier molecular flexibility index (Phi) is 5.66. The van der Waals surface area contributed by atoms with Crippen LogP contribution < -0.4 is 0 Å². The van der Waals surface area contributed by atoms with E-state index < -0.39 is 0 Å². The Hall–Kier alpha value is -0.160. The van der Waals surface area contributed by atoms with Crippen molar-refractivity contribution in [2.24, 2.45) is 5.92 Å². The van der Waals surface area contributed by atoms with Crippen molar-refractivity contribution >= 4 is 0 Å². The van der Waals surface area contributed by atoms with Crippen molar-refractivity contribution in [2.45, 2.75) is 89.4 Å². The van der Waals surface area contributed by atoms with Gasteiger partial charge in [0.1, 0.15) is 0 Å². The van der Waals surface area contributed by atoms with Crippen molar-refractivity contribution in [3.63, 3.8) is 0 Å². The van der Waals surface area contributed by atoms with E-state index in [0.29, 0.717) is 23.2 Å². The van der Waals surface area contributed by atoms with Crippen molar-refractivity contribution < 1.29 is 0 Å². The number of hydrogen-bond acceptors (Lipinski definition) is 4. The minimum absolute atomic E-state index is 0.436. The zero-order chi connectivity index (χ0) is 19.2. The van der Waals surface area contributed by atoms with Gasteiger partial charge in [-0.3, -0.25) is 19.6 Å². The number of piperidine rings is 2. The molecular weight excluding hydrogens is 332 g/mol. The van der Waals surface area contributed by atoms with E-state index in [4.69, 9.17) is 0 Å². The van der Waals surface area contributed by atoms with E-state index in [9.17, 15) is 0 Å². The Morgan fingerprint density at radius 1 is 0.815 bits per heavy atom. The standard InChI is InChI=1S/C23H44N4/c1-19(2)25-13-6-9-22(17-25)11-15-27(22)16-21-8-14-26(20(3)4)18-23(21)10-7-12-24(23)5/h19-21H,6-18H2,1-5H3. The molecule has 27 heavy (non-hydrogen) atoms. The molecule has 0 aromatic rings. The smallest absolute Gasteiger partial charge is 0.0374 e. The van der Waals surface area contributed by atoms with Gasteiger partial charge in [-0.1, -0.05) is 0 Å². The lowest BCUT2D eigenvalue weighted by Gasteiger charge is -2.61. The minimum atomic E-state index is 0.436. The fraction of sp³-hybridized carbons (Fsp3) is 1.00. The van der Waals surface area contributed by atoms with Crippen molar-refractivity contribution in [2.75, 3.05) is 52.9 Å². The summed E-state index contributed by atoms with van der Waals surface area (Å²) < 4.78 is 0. The minimum Gasteiger partial charge on any atom is -0.299 e. The maximum Gasteiger partial charge on any atom is 0.0374 e. The van der Waals surface area contributed by atoms with E-state index in [1.165, 1.54) is 84.3 Å². The van der Waals surface area contributed by atoms with Crippen LogP contribution in [0.1, 0.15) is 66.2 Å². The van der Waals surface area contributed by atoms with E-state index >= 15 is 0 Å². The molecule has 0 aromatic heterocycles. The van der Waals surface area contributed by atoms with Crippen molar-refractivity contribution in [3.05, 3.63) is 0 Å². The second-order valence-corrected chi connectivity index (χ2v) is 10.8. The molecule has 0 saturated carbocycles. The summed E-state index contributed by atoms with van der Waals surface area (Å²) >= 11 is 0. The van der Waals surface area contributed by atoms with E-state index in [-0.39, 0.29) is 0 Å². The molecule has 4 aliphatic heterocycles. The Labute approximate surface area is 168 Å². The second kappa shape index (κ2) is 7.59. The van der Waals surface area contributed by atoms with Crippen LogP contribution in [-0.4, -0.2) is 95.6 Å². The predicted octanol–water partition coefficient (Wildman–Crippen LogP) is 3.13. The van der Waals surface area contributed by atoms with Crippen LogP contribution in [-0.2, 0) is 0 Å². The van der Waals surface area contributed by atoms with E-state index in [2.05, 4.69) is 54.3 Å². The van der Waals surface area contributed by atoms with E-state index in [1.807, 2.05) is 0 Å². The summed E-state index contributed by atoms with van der Waals surface area (Å²) in [6.07, 6.45) is 8.46. The third kappa shape index (κ3) is 3.49. The summed E-state index contributed by atoms with van der Waals surface area (Å²) in [5, 5.41) is 0. The van der Waals surface area contributed by atoms with Crippen LogP contribution in [0.5, 0.6) is 0 Å². The third-order valence-corrected chi connectivity index (χ3v) is 8.87. The van der Waals surface area contributed by atoms with Gasteiger partial charge >= 0.3 is 0 Å². The van der Waals surface area contributed by atoms with Gasteiger partial charge in [0.05, 0.1) is 0 Å². The Morgan fingerprint density at radius 2 is 1.52 bits per heavy atom. The number of likely N-dealkylation sites (N-methyl/N-ethyl adjacent to an activating group) is 1. The fourth-order valence-electron chi connectivity index (χ4n) is 6.79.